The summed E-state index contributed by atoms with van der Waals surface area (Å²) in [7, 11) is 0. The molecule has 1 aliphatic heterocycles. The van der Waals surface area contributed by atoms with Crippen molar-refractivity contribution in [3.05, 3.63) is 60.2 Å². The number of hydrogen-bond acceptors (Lipinski definition) is 3. The SMILES string of the molecule is CC(C)(C)OC(=O)N1CC[C@@H](N)[C@H]1Cc1cccc(-c2ccccc2)c1. The third kappa shape index (κ3) is 4.44. The summed E-state index contributed by atoms with van der Waals surface area (Å²) in [5.74, 6) is 0. The van der Waals surface area contributed by atoms with Crippen LogP contribution in [0.15, 0.2) is 54.6 Å². The van der Waals surface area contributed by atoms with Crippen LogP contribution in [0.5, 0.6) is 0 Å². The summed E-state index contributed by atoms with van der Waals surface area (Å²) in [6.07, 6.45) is 1.28. The molecule has 2 aromatic rings. The molecule has 4 heteroatoms. The zero-order valence-corrected chi connectivity index (χ0v) is 15.8. The van der Waals surface area contributed by atoms with Crippen molar-refractivity contribution in [2.24, 2.45) is 5.73 Å². The van der Waals surface area contributed by atoms with Crippen molar-refractivity contribution < 1.29 is 9.53 Å². The first-order chi connectivity index (χ1) is 12.3. The topological polar surface area (TPSA) is 55.6 Å². The summed E-state index contributed by atoms with van der Waals surface area (Å²) in [5.41, 5.74) is 9.37. The number of carbonyl (C=O) groups is 1. The molecule has 0 saturated carbocycles. The van der Waals surface area contributed by atoms with Gasteiger partial charge in [-0.25, -0.2) is 4.79 Å². The third-order valence-corrected chi connectivity index (χ3v) is 4.70. The predicted molar refractivity (Wildman–Crippen MR) is 105 cm³/mol. The van der Waals surface area contributed by atoms with Gasteiger partial charge in [0.25, 0.3) is 0 Å². The molecule has 2 N–H and O–H groups in total. The van der Waals surface area contributed by atoms with Crippen molar-refractivity contribution in [2.75, 3.05) is 6.54 Å². The number of hydrogen-bond donors (Lipinski definition) is 1. The molecule has 1 saturated heterocycles. The molecule has 0 radical (unpaired) electrons. The zero-order chi connectivity index (χ0) is 18.7. The predicted octanol–water partition coefficient (Wildman–Crippen LogP) is 4.23. The van der Waals surface area contributed by atoms with Gasteiger partial charge in [-0.1, -0.05) is 54.6 Å². The molecule has 1 heterocycles. The van der Waals surface area contributed by atoms with Gasteiger partial charge in [0.15, 0.2) is 0 Å². The van der Waals surface area contributed by atoms with E-state index >= 15 is 0 Å². The van der Waals surface area contributed by atoms with Crippen molar-refractivity contribution >= 4 is 6.09 Å². The maximum absolute atomic E-state index is 12.5. The molecule has 1 fully saturated rings. The van der Waals surface area contributed by atoms with Crippen molar-refractivity contribution in [3.63, 3.8) is 0 Å². The molecule has 2 aromatic carbocycles. The highest BCUT2D eigenvalue weighted by Gasteiger charge is 2.37. The Kier molecular flexibility index (Phi) is 5.33. The average Bonchev–Trinajstić information content (AvgIpc) is 2.95. The Labute approximate surface area is 156 Å². The normalized spacial score (nSPS) is 20.2. The van der Waals surface area contributed by atoms with Crippen molar-refractivity contribution in [1.29, 1.82) is 0 Å². The molecule has 3 rings (SSSR count). The van der Waals surface area contributed by atoms with Gasteiger partial charge in [-0.15, -0.1) is 0 Å². The molecule has 138 valence electrons. The van der Waals surface area contributed by atoms with Crippen LogP contribution in [0.4, 0.5) is 4.79 Å². The average molecular weight is 352 g/mol. The Hall–Kier alpha value is -2.33. The van der Waals surface area contributed by atoms with E-state index < -0.39 is 5.60 Å². The lowest BCUT2D eigenvalue weighted by Gasteiger charge is -2.30. The second-order valence-corrected chi connectivity index (χ2v) is 7.96. The molecule has 0 aromatic heterocycles. The fraction of sp³-hybridized carbons (Fsp3) is 0.409. The van der Waals surface area contributed by atoms with Crippen molar-refractivity contribution in [2.45, 2.75) is 51.3 Å². The summed E-state index contributed by atoms with van der Waals surface area (Å²) in [5, 5.41) is 0. The number of likely N-dealkylation sites (tertiary alicyclic amines) is 1. The van der Waals surface area contributed by atoms with Gasteiger partial charge in [0, 0.05) is 12.6 Å². The number of carbonyl (C=O) groups excluding carboxylic acids is 1. The van der Waals surface area contributed by atoms with Gasteiger partial charge in [-0.3, -0.25) is 0 Å². The number of ether oxygens (including phenoxy) is 1. The van der Waals surface area contributed by atoms with Crippen LogP contribution in [0.1, 0.15) is 32.8 Å². The molecular formula is C22H28N2O2. The Morgan fingerprint density at radius 3 is 2.50 bits per heavy atom. The fourth-order valence-electron chi connectivity index (χ4n) is 3.44. The molecule has 4 nitrogen and oxygen atoms in total. The first kappa shape index (κ1) is 18.5. The van der Waals surface area contributed by atoms with E-state index in [4.69, 9.17) is 10.5 Å². The largest absolute Gasteiger partial charge is 0.444 e. The smallest absolute Gasteiger partial charge is 0.410 e. The minimum Gasteiger partial charge on any atom is -0.444 e. The number of nitrogens with zero attached hydrogens (tertiary/aromatic N) is 1. The van der Waals surface area contributed by atoms with Gasteiger partial charge in [-0.2, -0.15) is 0 Å². The summed E-state index contributed by atoms with van der Waals surface area (Å²) in [4.78, 5) is 14.3. The molecule has 1 amide bonds. The summed E-state index contributed by atoms with van der Waals surface area (Å²) < 4.78 is 5.56. The van der Waals surface area contributed by atoms with E-state index in [1.807, 2.05) is 39.0 Å². The van der Waals surface area contributed by atoms with Crippen molar-refractivity contribution in [3.8, 4) is 11.1 Å². The number of amides is 1. The number of nitrogens with two attached hydrogens (primary N) is 1. The lowest BCUT2D eigenvalue weighted by molar-refractivity contribution is 0.0220. The van der Waals surface area contributed by atoms with Crippen LogP contribution >= 0.6 is 0 Å². The van der Waals surface area contributed by atoms with Gasteiger partial charge in [0.1, 0.15) is 5.60 Å². The zero-order valence-electron chi connectivity index (χ0n) is 15.8. The Morgan fingerprint density at radius 2 is 1.81 bits per heavy atom. The van der Waals surface area contributed by atoms with Gasteiger partial charge >= 0.3 is 6.09 Å². The van der Waals surface area contributed by atoms with Crippen LogP contribution in [-0.4, -0.2) is 35.2 Å². The molecule has 26 heavy (non-hydrogen) atoms. The second kappa shape index (κ2) is 7.50. The van der Waals surface area contributed by atoms with Crippen LogP contribution in [0, 0.1) is 0 Å². The number of benzene rings is 2. The van der Waals surface area contributed by atoms with E-state index in [-0.39, 0.29) is 18.2 Å². The van der Waals surface area contributed by atoms with Crippen LogP contribution in [0.25, 0.3) is 11.1 Å². The molecular weight excluding hydrogens is 324 g/mol. The van der Waals surface area contributed by atoms with E-state index in [0.717, 1.165) is 12.8 Å². The Morgan fingerprint density at radius 1 is 1.12 bits per heavy atom. The minimum absolute atomic E-state index is 0.0251. The maximum Gasteiger partial charge on any atom is 0.410 e. The minimum atomic E-state index is -0.498. The van der Waals surface area contributed by atoms with Crippen LogP contribution < -0.4 is 5.73 Å². The van der Waals surface area contributed by atoms with Crippen LogP contribution in [0.3, 0.4) is 0 Å². The van der Waals surface area contributed by atoms with Gasteiger partial charge in [0.2, 0.25) is 0 Å². The fourth-order valence-corrected chi connectivity index (χ4v) is 3.44. The summed E-state index contributed by atoms with van der Waals surface area (Å²) in [6.45, 7) is 6.32. The Balaban J connectivity index is 1.77. The van der Waals surface area contributed by atoms with Gasteiger partial charge in [-0.05, 0) is 50.3 Å². The molecule has 1 aliphatic rings. The molecule has 0 aliphatic carbocycles. The standard InChI is InChI=1S/C22H28N2O2/c1-22(2,3)26-21(25)24-13-12-19(23)20(24)15-16-8-7-11-18(14-16)17-9-5-4-6-10-17/h4-11,14,19-20H,12-13,15,23H2,1-3H3/t19-,20-/m1/s1. The highest BCUT2D eigenvalue weighted by Crippen LogP contribution is 2.26. The lowest BCUT2D eigenvalue weighted by Crippen LogP contribution is -2.46. The first-order valence-corrected chi connectivity index (χ1v) is 9.23. The molecule has 0 bridgehead atoms. The monoisotopic (exact) mass is 352 g/mol. The quantitative estimate of drug-likeness (QED) is 0.899. The first-order valence-electron chi connectivity index (χ1n) is 9.23. The van der Waals surface area contributed by atoms with Crippen LogP contribution in [0.2, 0.25) is 0 Å². The van der Waals surface area contributed by atoms with E-state index in [1.165, 1.54) is 16.7 Å². The lowest BCUT2D eigenvalue weighted by atomic mass is 9.97. The Bertz CT molecular complexity index is 752. The molecule has 0 spiro atoms. The maximum atomic E-state index is 12.5. The van der Waals surface area contributed by atoms with Crippen LogP contribution in [-0.2, 0) is 11.2 Å². The third-order valence-electron chi connectivity index (χ3n) is 4.70. The number of rotatable bonds is 3. The van der Waals surface area contributed by atoms with E-state index in [1.54, 1.807) is 4.90 Å². The summed E-state index contributed by atoms with van der Waals surface area (Å²) in [6, 6.07) is 18.7. The van der Waals surface area contributed by atoms with E-state index in [9.17, 15) is 4.79 Å². The van der Waals surface area contributed by atoms with Gasteiger partial charge < -0.3 is 15.4 Å². The van der Waals surface area contributed by atoms with E-state index in [0.29, 0.717) is 6.54 Å². The second-order valence-electron chi connectivity index (χ2n) is 7.96. The highest BCUT2D eigenvalue weighted by atomic mass is 16.6. The van der Waals surface area contributed by atoms with Crippen molar-refractivity contribution in [1.82, 2.24) is 4.90 Å². The highest BCUT2D eigenvalue weighted by molar-refractivity contribution is 5.69. The van der Waals surface area contributed by atoms with Gasteiger partial charge in [0.05, 0.1) is 6.04 Å². The summed E-state index contributed by atoms with van der Waals surface area (Å²) >= 11 is 0. The van der Waals surface area contributed by atoms with E-state index in [2.05, 4.69) is 36.4 Å². The molecule has 0 unspecified atom stereocenters. The molecule has 2 atom stereocenters.